The van der Waals surface area contributed by atoms with Gasteiger partial charge in [-0.3, -0.25) is 0 Å². The molecule has 2 saturated carbocycles. The van der Waals surface area contributed by atoms with Crippen molar-refractivity contribution in [3.63, 3.8) is 0 Å². The summed E-state index contributed by atoms with van der Waals surface area (Å²) in [6.45, 7) is 27.7. The maximum atomic E-state index is 7.50. The van der Waals surface area contributed by atoms with E-state index in [-0.39, 0.29) is 48.1 Å². The molecular formula is C24H36Cl2FeO2P2Ru+2. The van der Waals surface area contributed by atoms with E-state index in [0.29, 0.717) is 0 Å². The van der Waals surface area contributed by atoms with Crippen LogP contribution in [-0.4, -0.2) is 22.6 Å². The molecule has 2 fully saturated rings. The van der Waals surface area contributed by atoms with E-state index in [4.69, 9.17) is 28.7 Å². The average molecular weight is 646 g/mol. The number of halogens is 2. The van der Waals surface area contributed by atoms with Crippen molar-refractivity contribution in [3.8, 4) is 0 Å². The first kappa shape index (κ1) is 41.2. The molecule has 2 rings (SSSR count). The van der Waals surface area contributed by atoms with Crippen LogP contribution in [0.4, 0.5) is 0 Å². The van der Waals surface area contributed by atoms with Gasteiger partial charge in [0.1, 0.15) is 0 Å². The van der Waals surface area contributed by atoms with Crippen LogP contribution in [0.1, 0.15) is 55.4 Å². The molecular weight excluding hydrogens is 610 g/mol. The Morgan fingerprint density at radius 2 is 0.750 bits per heavy atom. The molecule has 0 heterocycles. The van der Waals surface area contributed by atoms with Gasteiger partial charge in [0.2, 0.25) is 0 Å². The number of hydrogen-bond donors (Lipinski definition) is 0. The van der Waals surface area contributed by atoms with Gasteiger partial charge in [-0.15, -0.1) is 0 Å². The molecule has 0 spiro atoms. The third-order valence-corrected chi connectivity index (χ3v) is 10.4. The average Bonchev–Trinajstić information content (AvgIpc) is 3.40. The number of hydrogen-bond acceptors (Lipinski definition) is 0. The van der Waals surface area contributed by atoms with Crippen LogP contribution in [0.2, 0.25) is 0 Å². The van der Waals surface area contributed by atoms with Crippen molar-refractivity contribution in [2.75, 3.05) is 0 Å². The Labute approximate surface area is 229 Å². The summed E-state index contributed by atoms with van der Waals surface area (Å²) >= 11 is -0.346. The van der Waals surface area contributed by atoms with E-state index in [1.165, 1.54) is 0 Å². The summed E-state index contributed by atoms with van der Waals surface area (Å²) in [7, 11) is 9.83. The Hall–Kier alpha value is 2.06. The molecule has 32 heavy (non-hydrogen) atoms. The fraction of sp³-hybridized carbons (Fsp3) is 0.500. The van der Waals surface area contributed by atoms with Crippen LogP contribution in [-0.2, 0) is 41.5 Å². The second kappa shape index (κ2) is 27.6. The summed E-state index contributed by atoms with van der Waals surface area (Å²) in [6, 6.07) is 0. The van der Waals surface area contributed by atoms with Gasteiger partial charge >= 0.3 is 74.2 Å². The van der Waals surface area contributed by atoms with Crippen molar-refractivity contribution in [1.82, 2.24) is 0 Å². The van der Waals surface area contributed by atoms with Gasteiger partial charge in [0.25, 0.3) is 0 Å². The SMILES string of the molecule is CC(C)P([C]1[CH][CH][CH][CH]1)C(C)C.CC(C)P([C]1[CH][CH][CH][CH]1)C(C)C.[C-]#[O+].[C-]#[O+].[Cl][Ru][Cl].[Fe+2]. The Bertz CT molecular complexity index is 373. The molecule has 0 aromatic heterocycles. The van der Waals surface area contributed by atoms with Crippen molar-refractivity contribution in [2.45, 2.75) is 78.0 Å². The molecule has 0 aromatic carbocycles. The van der Waals surface area contributed by atoms with Crippen LogP contribution in [0.3, 0.4) is 0 Å². The van der Waals surface area contributed by atoms with Crippen LogP contribution in [0.15, 0.2) is 0 Å². The van der Waals surface area contributed by atoms with Gasteiger partial charge in [0.15, 0.2) is 0 Å². The summed E-state index contributed by atoms with van der Waals surface area (Å²) in [4.78, 5) is 0. The maximum absolute atomic E-state index is 7.50. The summed E-state index contributed by atoms with van der Waals surface area (Å²) < 4.78 is 15.0. The Morgan fingerprint density at radius 3 is 0.875 bits per heavy atom. The zero-order chi connectivity index (χ0) is 25.0. The fourth-order valence-electron chi connectivity index (χ4n) is 3.46. The van der Waals surface area contributed by atoms with E-state index >= 15 is 0 Å². The molecule has 0 amide bonds. The van der Waals surface area contributed by atoms with E-state index in [1.807, 2.05) is 0 Å². The van der Waals surface area contributed by atoms with Crippen molar-refractivity contribution in [3.05, 3.63) is 76.0 Å². The summed E-state index contributed by atoms with van der Waals surface area (Å²) in [5, 5.41) is 0. The van der Waals surface area contributed by atoms with Gasteiger partial charge in [0, 0.05) is 11.3 Å². The van der Waals surface area contributed by atoms with Crippen molar-refractivity contribution in [2.24, 2.45) is 0 Å². The molecule has 2 nitrogen and oxygen atoms in total. The van der Waals surface area contributed by atoms with Gasteiger partial charge in [-0.05, 0) is 74.0 Å². The predicted octanol–water partition coefficient (Wildman–Crippen LogP) is 8.59. The van der Waals surface area contributed by atoms with Crippen LogP contribution in [0, 0.1) is 76.0 Å². The zero-order valence-corrected chi connectivity index (χ0v) is 26.2. The van der Waals surface area contributed by atoms with Gasteiger partial charge in [-0.25, -0.2) is 0 Å². The molecule has 0 unspecified atom stereocenters. The Kier molecular flexibility index (Phi) is 35.6. The predicted molar refractivity (Wildman–Crippen MR) is 135 cm³/mol. The molecule has 0 N–H and O–H groups in total. The smallest absolute Gasteiger partial charge is 2.00 e. The van der Waals surface area contributed by atoms with Crippen LogP contribution in [0.25, 0.3) is 0 Å². The monoisotopic (exact) mass is 646 g/mol. The fourth-order valence-corrected chi connectivity index (χ4v) is 9.26. The van der Waals surface area contributed by atoms with E-state index in [0.717, 1.165) is 22.6 Å². The Balaban J connectivity index is -0.000000187. The quantitative estimate of drug-likeness (QED) is 0.120. The molecule has 182 valence electrons. The van der Waals surface area contributed by atoms with Crippen LogP contribution >= 0.6 is 35.2 Å². The molecule has 0 aromatic rings. The van der Waals surface area contributed by atoms with E-state index in [2.05, 4.69) is 120 Å². The van der Waals surface area contributed by atoms with Gasteiger partial charge < -0.3 is 0 Å². The standard InChI is InChI=1S/2C11H18P.2CO.2ClH.Fe.Ru/c2*1-9(2)12(10(3)4)11-7-5-6-8-11;2*1-2;;;;/h2*5-10H,1-4H3;;;2*1H;;/q;;;;;;2*+2/p-2. The summed E-state index contributed by atoms with van der Waals surface area (Å²) in [5.74, 6) is 0. The molecule has 8 heteroatoms. The topological polar surface area (TPSA) is 39.8 Å². The third kappa shape index (κ3) is 19.3. The van der Waals surface area contributed by atoms with Crippen molar-refractivity contribution >= 4 is 35.2 Å². The minimum Gasteiger partial charge on any atom is 2.00 e. The van der Waals surface area contributed by atoms with Gasteiger partial charge in [-0.1, -0.05) is 71.2 Å². The zero-order valence-electron chi connectivity index (χ0n) is 20.1. The minimum absolute atomic E-state index is 0. The maximum Gasteiger partial charge on any atom is 2.00 e. The first-order valence-electron chi connectivity index (χ1n) is 9.93. The molecule has 0 saturated heterocycles. The van der Waals surface area contributed by atoms with E-state index < -0.39 is 0 Å². The molecule has 0 bridgehead atoms. The van der Waals surface area contributed by atoms with Crippen molar-refractivity contribution in [1.29, 1.82) is 0 Å². The van der Waals surface area contributed by atoms with Crippen LogP contribution in [0.5, 0.6) is 0 Å². The largest absolute Gasteiger partial charge is 2.00 e. The molecule has 0 atom stereocenters. The van der Waals surface area contributed by atoms with E-state index in [9.17, 15) is 0 Å². The molecule has 0 aliphatic heterocycles. The second-order valence-corrected chi connectivity index (χ2v) is 17.0. The van der Waals surface area contributed by atoms with Gasteiger partial charge in [0.05, 0.1) is 0 Å². The third-order valence-electron chi connectivity index (χ3n) is 4.11. The summed E-state index contributed by atoms with van der Waals surface area (Å²) in [6.07, 6.45) is 17.7. The first-order valence-corrected chi connectivity index (χ1v) is 17.4. The first-order chi connectivity index (χ1) is 14.7. The second-order valence-electron chi connectivity index (χ2n) is 7.53. The molecule has 10 radical (unpaired) electrons. The normalized spacial score (nSPS) is 16.0. The Morgan fingerprint density at radius 1 is 0.594 bits per heavy atom. The van der Waals surface area contributed by atoms with Crippen LogP contribution < -0.4 is 0 Å². The minimum atomic E-state index is -0.346. The van der Waals surface area contributed by atoms with Crippen molar-refractivity contribution < 1.29 is 41.5 Å². The number of rotatable bonds is 6. The van der Waals surface area contributed by atoms with Gasteiger partial charge in [-0.2, -0.15) is 0 Å². The van der Waals surface area contributed by atoms with E-state index in [1.54, 1.807) is 11.3 Å². The molecule has 2 aliphatic rings. The summed E-state index contributed by atoms with van der Waals surface area (Å²) in [5.41, 5.74) is 6.36. The molecule has 2 aliphatic carbocycles.